The zero-order chi connectivity index (χ0) is 12.5. The highest BCUT2D eigenvalue weighted by atomic mass is 19.4. The first kappa shape index (κ1) is 11.4. The summed E-state index contributed by atoms with van der Waals surface area (Å²) in [6.07, 6.45) is -3.72. The largest absolute Gasteiger partial charge is 0.418 e. The first-order valence-corrected chi connectivity index (χ1v) is 4.72. The number of aromatic nitrogens is 2. The number of hydrogen-bond acceptors (Lipinski definition) is 3. The van der Waals surface area contributed by atoms with Gasteiger partial charge < -0.3 is 5.73 Å². The van der Waals surface area contributed by atoms with E-state index in [1.807, 2.05) is 0 Å². The molecule has 0 spiro atoms. The van der Waals surface area contributed by atoms with Crippen molar-refractivity contribution < 1.29 is 13.2 Å². The van der Waals surface area contributed by atoms with Crippen molar-refractivity contribution in [3.8, 4) is 11.3 Å². The van der Waals surface area contributed by atoms with Crippen LogP contribution in [0.3, 0.4) is 0 Å². The highest BCUT2D eigenvalue weighted by Crippen LogP contribution is 2.30. The standard InChI is InChI=1S/C11H8F3N3/c12-11(13,14)8-5-10(17-16-6-8)7-1-3-9(15)4-2-7/h1-6H,15H2. The van der Waals surface area contributed by atoms with Gasteiger partial charge in [0.05, 0.1) is 17.5 Å². The summed E-state index contributed by atoms with van der Waals surface area (Å²) in [6, 6.07) is 7.34. The molecule has 0 saturated carbocycles. The van der Waals surface area contributed by atoms with Crippen LogP contribution in [-0.4, -0.2) is 10.2 Å². The van der Waals surface area contributed by atoms with Crippen molar-refractivity contribution in [3.05, 3.63) is 42.1 Å². The number of nitrogen functional groups attached to an aromatic ring is 1. The molecule has 1 heterocycles. The minimum Gasteiger partial charge on any atom is -0.399 e. The van der Waals surface area contributed by atoms with Gasteiger partial charge in [-0.05, 0) is 18.2 Å². The molecule has 3 nitrogen and oxygen atoms in total. The van der Waals surface area contributed by atoms with Crippen LogP contribution < -0.4 is 5.73 Å². The van der Waals surface area contributed by atoms with Crippen molar-refractivity contribution in [2.24, 2.45) is 0 Å². The number of halogens is 3. The van der Waals surface area contributed by atoms with E-state index >= 15 is 0 Å². The fraction of sp³-hybridized carbons (Fsp3) is 0.0909. The van der Waals surface area contributed by atoms with Gasteiger partial charge in [0.25, 0.3) is 0 Å². The Hall–Kier alpha value is -2.11. The van der Waals surface area contributed by atoms with Gasteiger partial charge in [0, 0.05) is 11.3 Å². The van der Waals surface area contributed by atoms with Crippen molar-refractivity contribution in [2.45, 2.75) is 6.18 Å². The zero-order valence-corrected chi connectivity index (χ0v) is 8.57. The Kier molecular flexibility index (Phi) is 2.71. The Bertz CT molecular complexity index is 520. The number of hydrogen-bond donors (Lipinski definition) is 1. The van der Waals surface area contributed by atoms with Crippen molar-refractivity contribution in [1.82, 2.24) is 10.2 Å². The maximum Gasteiger partial charge on any atom is 0.418 e. The first-order valence-electron chi connectivity index (χ1n) is 4.72. The van der Waals surface area contributed by atoms with Gasteiger partial charge in [-0.2, -0.15) is 23.4 Å². The molecule has 0 fully saturated rings. The molecule has 0 aliphatic rings. The molecule has 6 heteroatoms. The van der Waals surface area contributed by atoms with Crippen molar-refractivity contribution in [2.75, 3.05) is 5.73 Å². The van der Waals surface area contributed by atoms with Crippen LogP contribution in [-0.2, 0) is 6.18 Å². The Morgan fingerprint density at radius 2 is 1.71 bits per heavy atom. The summed E-state index contributed by atoms with van der Waals surface area (Å²) in [4.78, 5) is 0. The lowest BCUT2D eigenvalue weighted by Crippen LogP contribution is -2.06. The normalized spacial score (nSPS) is 11.5. The molecule has 0 unspecified atom stereocenters. The van der Waals surface area contributed by atoms with E-state index in [2.05, 4.69) is 10.2 Å². The number of rotatable bonds is 1. The quantitative estimate of drug-likeness (QED) is 0.778. The van der Waals surface area contributed by atoms with Crippen LogP contribution in [0.5, 0.6) is 0 Å². The topological polar surface area (TPSA) is 51.8 Å². The molecule has 0 aliphatic heterocycles. The van der Waals surface area contributed by atoms with Crippen LogP contribution in [0.4, 0.5) is 18.9 Å². The Labute approximate surface area is 95.1 Å². The van der Waals surface area contributed by atoms with Gasteiger partial charge in [0.2, 0.25) is 0 Å². The molecule has 0 amide bonds. The summed E-state index contributed by atoms with van der Waals surface area (Å²) in [5, 5.41) is 7.01. The second-order valence-electron chi connectivity index (χ2n) is 3.45. The SMILES string of the molecule is Nc1ccc(-c2cc(C(F)(F)F)cnn2)cc1. The predicted octanol–water partition coefficient (Wildman–Crippen LogP) is 2.74. The zero-order valence-electron chi connectivity index (χ0n) is 8.57. The Morgan fingerprint density at radius 1 is 1.06 bits per heavy atom. The number of nitrogens with two attached hydrogens (primary N) is 1. The highest BCUT2D eigenvalue weighted by Gasteiger charge is 2.31. The molecular formula is C11H8F3N3. The van der Waals surface area contributed by atoms with Gasteiger partial charge in [-0.15, -0.1) is 0 Å². The molecule has 2 N–H and O–H groups in total. The van der Waals surface area contributed by atoms with Gasteiger partial charge in [0.1, 0.15) is 0 Å². The predicted molar refractivity (Wildman–Crippen MR) is 56.9 cm³/mol. The van der Waals surface area contributed by atoms with E-state index in [4.69, 9.17) is 5.73 Å². The molecule has 0 bridgehead atoms. The van der Waals surface area contributed by atoms with E-state index in [-0.39, 0.29) is 5.69 Å². The number of benzene rings is 1. The van der Waals surface area contributed by atoms with Crippen molar-refractivity contribution >= 4 is 5.69 Å². The van der Waals surface area contributed by atoms with Crippen LogP contribution in [0.15, 0.2) is 36.5 Å². The smallest absolute Gasteiger partial charge is 0.399 e. The molecule has 88 valence electrons. The summed E-state index contributed by atoms with van der Waals surface area (Å²) in [6.45, 7) is 0. The van der Waals surface area contributed by atoms with E-state index in [1.54, 1.807) is 24.3 Å². The molecule has 0 saturated heterocycles. The molecular weight excluding hydrogens is 231 g/mol. The minimum absolute atomic E-state index is 0.167. The summed E-state index contributed by atoms with van der Waals surface area (Å²) >= 11 is 0. The lowest BCUT2D eigenvalue weighted by molar-refractivity contribution is -0.137. The molecule has 1 aromatic heterocycles. The third-order valence-corrected chi connectivity index (χ3v) is 2.19. The monoisotopic (exact) mass is 239 g/mol. The molecule has 2 rings (SSSR count). The number of anilines is 1. The lowest BCUT2D eigenvalue weighted by atomic mass is 10.1. The fourth-order valence-electron chi connectivity index (χ4n) is 1.32. The van der Waals surface area contributed by atoms with Crippen LogP contribution in [0.2, 0.25) is 0 Å². The average molecular weight is 239 g/mol. The summed E-state index contributed by atoms with van der Waals surface area (Å²) in [7, 11) is 0. The number of nitrogens with zero attached hydrogens (tertiary/aromatic N) is 2. The second-order valence-corrected chi connectivity index (χ2v) is 3.45. The van der Waals surface area contributed by atoms with E-state index in [0.29, 0.717) is 17.4 Å². The Morgan fingerprint density at radius 3 is 2.29 bits per heavy atom. The second kappa shape index (κ2) is 4.04. The summed E-state index contributed by atoms with van der Waals surface area (Å²) in [5.74, 6) is 0. The maximum absolute atomic E-state index is 12.5. The maximum atomic E-state index is 12.5. The minimum atomic E-state index is -4.42. The molecule has 1 aromatic carbocycles. The fourth-order valence-corrected chi connectivity index (χ4v) is 1.32. The number of alkyl halides is 3. The average Bonchev–Trinajstić information content (AvgIpc) is 2.29. The molecule has 2 aromatic rings. The van der Waals surface area contributed by atoms with Crippen LogP contribution >= 0.6 is 0 Å². The van der Waals surface area contributed by atoms with E-state index in [9.17, 15) is 13.2 Å². The van der Waals surface area contributed by atoms with Crippen LogP contribution in [0.25, 0.3) is 11.3 Å². The van der Waals surface area contributed by atoms with Gasteiger partial charge in [-0.3, -0.25) is 0 Å². The third-order valence-electron chi connectivity index (χ3n) is 2.19. The highest BCUT2D eigenvalue weighted by molar-refractivity contribution is 5.61. The summed E-state index contributed by atoms with van der Waals surface area (Å²) < 4.78 is 37.4. The van der Waals surface area contributed by atoms with E-state index < -0.39 is 11.7 Å². The Balaban J connectivity index is 2.43. The molecule has 17 heavy (non-hydrogen) atoms. The van der Waals surface area contributed by atoms with Gasteiger partial charge in [-0.25, -0.2) is 0 Å². The molecule has 0 aliphatic carbocycles. The molecule has 0 atom stereocenters. The van der Waals surface area contributed by atoms with Gasteiger partial charge in [-0.1, -0.05) is 12.1 Å². The van der Waals surface area contributed by atoms with E-state index in [0.717, 1.165) is 6.07 Å². The first-order chi connectivity index (χ1) is 7.97. The summed E-state index contributed by atoms with van der Waals surface area (Å²) in [5.41, 5.74) is 5.91. The molecule has 0 radical (unpaired) electrons. The third kappa shape index (κ3) is 2.52. The van der Waals surface area contributed by atoms with Crippen molar-refractivity contribution in [3.63, 3.8) is 0 Å². The van der Waals surface area contributed by atoms with Crippen molar-refractivity contribution in [1.29, 1.82) is 0 Å². The van der Waals surface area contributed by atoms with Crippen LogP contribution in [0.1, 0.15) is 5.56 Å². The van der Waals surface area contributed by atoms with Gasteiger partial charge >= 0.3 is 6.18 Å². The lowest BCUT2D eigenvalue weighted by Gasteiger charge is -2.07. The van der Waals surface area contributed by atoms with E-state index in [1.165, 1.54) is 0 Å². The van der Waals surface area contributed by atoms with Crippen LogP contribution in [0, 0.1) is 0 Å². The van der Waals surface area contributed by atoms with Gasteiger partial charge in [0.15, 0.2) is 0 Å².